The van der Waals surface area contributed by atoms with Gasteiger partial charge in [-0.15, -0.1) is 0 Å². The molecule has 0 radical (unpaired) electrons. The molecule has 2 atom stereocenters. The number of nitrogens with zero attached hydrogens (tertiary/aromatic N) is 1. The molecule has 1 amide bonds. The van der Waals surface area contributed by atoms with Crippen LogP contribution in [0.2, 0.25) is 0 Å². The molecule has 1 aromatic carbocycles. The number of benzene rings is 1. The second-order valence-corrected chi connectivity index (χ2v) is 5.02. The van der Waals surface area contributed by atoms with E-state index >= 15 is 0 Å². The van der Waals surface area contributed by atoms with Crippen LogP contribution in [-0.2, 0) is 0 Å². The molecule has 1 aliphatic heterocycles. The van der Waals surface area contributed by atoms with Gasteiger partial charge in [-0.05, 0) is 43.4 Å². The zero-order valence-corrected chi connectivity index (χ0v) is 9.53. The van der Waals surface area contributed by atoms with Crippen molar-refractivity contribution < 1.29 is 9.18 Å². The van der Waals surface area contributed by atoms with Crippen LogP contribution < -0.4 is 5.73 Å². The number of nitrogen functional groups attached to an aromatic ring is 1. The highest BCUT2D eigenvalue weighted by Gasteiger charge is 2.40. The third kappa shape index (κ3) is 1.68. The Balaban J connectivity index is 1.89. The highest BCUT2D eigenvalue weighted by Crippen LogP contribution is 2.38. The van der Waals surface area contributed by atoms with Gasteiger partial charge in [-0.1, -0.05) is 0 Å². The Morgan fingerprint density at radius 2 is 2.24 bits per heavy atom. The summed E-state index contributed by atoms with van der Waals surface area (Å²) in [4.78, 5) is 14.1. The van der Waals surface area contributed by atoms with E-state index in [1.165, 1.54) is 24.6 Å². The summed E-state index contributed by atoms with van der Waals surface area (Å²) >= 11 is 0. The monoisotopic (exact) mass is 234 g/mol. The van der Waals surface area contributed by atoms with Gasteiger partial charge in [0, 0.05) is 18.3 Å². The van der Waals surface area contributed by atoms with Crippen molar-refractivity contribution in [1.29, 1.82) is 0 Å². The van der Waals surface area contributed by atoms with Gasteiger partial charge in [0.25, 0.3) is 5.91 Å². The number of amides is 1. The third-order valence-corrected chi connectivity index (χ3v) is 3.92. The van der Waals surface area contributed by atoms with Crippen molar-refractivity contribution in [3.05, 3.63) is 29.6 Å². The summed E-state index contributed by atoms with van der Waals surface area (Å²) in [6, 6.07) is 4.32. The minimum Gasteiger partial charge on any atom is -0.398 e. The number of carbonyl (C=O) groups excluding carboxylic acids is 1. The van der Waals surface area contributed by atoms with Gasteiger partial charge in [0.15, 0.2) is 0 Å². The lowest BCUT2D eigenvalue weighted by Crippen LogP contribution is -2.38. The van der Waals surface area contributed by atoms with E-state index in [1.807, 2.05) is 4.90 Å². The molecular weight excluding hydrogens is 219 g/mol. The highest BCUT2D eigenvalue weighted by molar-refractivity contribution is 5.99. The summed E-state index contributed by atoms with van der Waals surface area (Å²) in [7, 11) is 0. The summed E-state index contributed by atoms with van der Waals surface area (Å²) in [5.41, 5.74) is 6.41. The first-order valence-electron chi connectivity index (χ1n) is 6.01. The SMILES string of the molecule is Nc1ccc(F)cc1C(=O)N1CC2CCC1C2. The molecule has 4 heteroatoms. The number of anilines is 1. The molecule has 0 spiro atoms. The Kier molecular flexibility index (Phi) is 2.31. The molecule has 2 aliphatic rings. The molecule has 90 valence electrons. The van der Waals surface area contributed by atoms with E-state index in [-0.39, 0.29) is 5.91 Å². The van der Waals surface area contributed by atoms with Crippen LogP contribution in [0.15, 0.2) is 18.2 Å². The molecule has 1 saturated carbocycles. The smallest absolute Gasteiger partial charge is 0.256 e. The van der Waals surface area contributed by atoms with Crippen LogP contribution in [0.1, 0.15) is 29.6 Å². The standard InChI is InChI=1S/C13H15FN2O/c14-9-2-4-12(15)11(6-9)13(17)16-7-8-1-3-10(16)5-8/h2,4,6,8,10H,1,3,5,7,15H2. The summed E-state index contributed by atoms with van der Waals surface area (Å²) < 4.78 is 13.2. The van der Waals surface area contributed by atoms with Gasteiger partial charge in [0.05, 0.1) is 5.56 Å². The van der Waals surface area contributed by atoms with Crippen molar-refractivity contribution >= 4 is 11.6 Å². The molecule has 2 N–H and O–H groups in total. The van der Waals surface area contributed by atoms with Crippen molar-refractivity contribution in [3.8, 4) is 0 Å². The molecule has 1 heterocycles. The molecule has 1 aliphatic carbocycles. The third-order valence-electron chi connectivity index (χ3n) is 3.92. The molecule has 1 saturated heterocycles. The van der Waals surface area contributed by atoms with Crippen LogP contribution in [0.3, 0.4) is 0 Å². The predicted molar refractivity (Wildman–Crippen MR) is 63.0 cm³/mol. The van der Waals surface area contributed by atoms with Gasteiger partial charge in [-0.25, -0.2) is 4.39 Å². The number of halogens is 1. The van der Waals surface area contributed by atoms with Crippen LogP contribution in [-0.4, -0.2) is 23.4 Å². The molecule has 17 heavy (non-hydrogen) atoms. The molecule has 2 bridgehead atoms. The fourth-order valence-corrected chi connectivity index (χ4v) is 3.04. The maximum absolute atomic E-state index is 13.2. The summed E-state index contributed by atoms with van der Waals surface area (Å²) in [6.07, 6.45) is 3.39. The lowest BCUT2D eigenvalue weighted by Gasteiger charge is -2.27. The molecule has 3 rings (SSSR count). The fourth-order valence-electron chi connectivity index (χ4n) is 3.04. The maximum atomic E-state index is 13.2. The number of fused-ring (bicyclic) bond motifs is 2. The summed E-state index contributed by atoms with van der Waals surface area (Å²) in [6.45, 7) is 0.805. The quantitative estimate of drug-likeness (QED) is 0.756. The summed E-state index contributed by atoms with van der Waals surface area (Å²) in [5.74, 6) is 0.111. The van der Waals surface area contributed by atoms with Gasteiger partial charge in [-0.2, -0.15) is 0 Å². The first-order valence-corrected chi connectivity index (χ1v) is 6.01. The topological polar surface area (TPSA) is 46.3 Å². The zero-order chi connectivity index (χ0) is 12.0. The first kappa shape index (κ1) is 10.6. The number of rotatable bonds is 1. The van der Waals surface area contributed by atoms with Gasteiger partial charge < -0.3 is 10.6 Å². The normalized spacial score (nSPS) is 26.5. The lowest BCUT2D eigenvalue weighted by atomic mass is 10.1. The van der Waals surface area contributed by atoms with Crippen molar-refractivity contribution in [2.24, 2.45) is 5.92 Å². The number of hydrogen-bond acceptors (Lipinski definition) is 2. The Bertz CT molecular complexity index is 474. The maximum Gasteiger partial charge on any atom is 0.256 e. The first-order chi connectivity index (χ1) is 8.15. The van der Waals surface area contributed by atoms with Crippen LogP contribution >= 0.6 is 0 Å². The van der Waals surface area contributed by atoms with E-state index in [9.17, 15) is 9.18 Å². The Hall–Kier alpha value is -1.58. The zero-order valence-electron chi connectivity index (χ0n) is 9.53. The van der Waals surface area contributed by atoms with Crippen molar-refractivity contribution in [1.82, 2.24) is 4.90 Å². The van der Waals surface area contributed by atoms with E-state index in [1.54, 1.807) is 0 Å². The van der Waals surface area contributed by atoms with Crippen molar-refractivity contribution in [2.75, 3.05) is 12.3 Å². The van der Waals surface area contributed by atoms with E-state index in [2.05, 4.69) is 0 Å². The number of carbonyl (C=O) groups is 1. The van der Waals surface area contributed by atoms with Crippen LogP contribution in [0.4, 0.5) is 10.1 Å². The lowest BCUT2D eigenvalue weighted by molar-refractivity contribution is 0.0704. The van der Waals surface area contributed by atoms with E-state index in [0.717, 1.165) is 19.4 Å². The van der Waals surface area contributed by atoms with Gasteiger partial charge >= 0.3 is 0 Å². The fraction of sp³-hybridized carbons (Fsp3) is 0.462. The predicted octanol–water partition coefficient (Wildman–Crippen LogP) is 2.03. The van der Waals surface area contributed by atoms with Gasteiger partial charge in [-0.3, -0.25) is 4.79 Å². The highest BCUT2D eigenvalue weighted by atomic mass is 19.1. The average Bonchev–Trinajstić information content (AvgIpc) is 2.93. The number of nitrogens with two attached hydrogens (primary N) is 1. The second kappa shape index (κ2) is 3.72. The van der Waals surface area contributed by atoms with Crippen molar-refractivity contribution in [3.63, 3.8) is 0 Å². The molecule has 0 aromatic heterocycles. The number of piperidine rings is 1. The number of hydrogen-bond donors (Lipinski definition) is 1. The van der Waals surface area contributed by atoms with Gasteiger partial charge in [0.1, 0.15) is 5.82 Å². The van der Waals surface area contributed by atoms with Crippen LogP contribution in [0, 0.1) is 11.7 Å². The Morgan fingerprint density at radius 1 is 1.41 bits per heavy atom. The molecule has 1 aromatic rings. The molecular formula is C13H15FN2O. The largest absolute Gasteiger partial charge is 0.398 e. The molecule has 2 unspecified atom stereocenters. The van der Waals surface area contributed by atoms with E-state index < -0.39 is 5.82 Å². The minimum atomic E-state index is -0.410. The Labute approximate surface area is 99.4 Å². The summed E-state index contributed by atoms with van der Waals surface area (Å²) in [5, 5.41) is 0. The van der Waals surface area contributed by atoms with Crippen LogP contribution in [0.5, 0.6) is 0 Å². The minimum absolute atomic E-state index is 0.116. The number of likely N-dealkylation sites (tertiary alicyclic amines) is 1. The second-order valence-electron chi connectivity index (χ2n) is 5.02. The Morgan fingerprint density at radius 3 is 2.88 bits per heavy atom. The average molecular weight is 234 g/mol. The molecule has 2 fully saturated rings. The van der Waals surface area contributed by atoms with E-state index in [4.69, 9.17) is 5.73 Å². The van der Waals surface area contributed by atoms with Crippen LogP contribution in [0.25, 0.3) is 0 Å². The molecule has 3 nitrogen and oxygen atoms in total. The van der Waals surface area contributed by atoms with Crippen molar-refractivity contribution in [2.45, 2.75) is 25.3 Å². The van der Waals surface area contributed by atoms with Gasteiger partial charge in [0.2, 0.25) is 0 Å². The van der Waals surface area contributed by atoms with E-state index in [0.29, 0.717) is 23.2 Å².